The van der Waals surface area contributed by atoms with Gasteiger partial charge in [0, 0.05) is 5.39 Å². The molecule has 0 atom stereocenters. The molecule has 0 amide bonds. The largest absolute Gasteiger partial charge is 0.476 e. The average molecular weight is 233 g/mol. The van der Waals surface area contributed by atoms with Crippen LogP contribution in [0.15, 0.2) is 24.3 Å². The fourth-order valence-electron chi connectivity index (χ4n) is 2.19. The number of carboxylic acid groups (broad SMARTS) is 1. The van der Waals surface area contributed by atoms with Crippen LogP contribution < -0.4 is 4.84 Å². The lowest BCUT2D eigenvalue weighted by Crippen LogP contribution is -2.15. The standard InChI is InChI=1S/C13H15NO3/c1-3-6-10-9-7-4-5-8-11(9)14(17-2)12(10)13(15)16/h4-5,7-8H,3,6H2,1-2H3,(H,15,16). The van der Waals surface area contributed by atoms with Gasteiger partial charge in [0.15, 0.2) is 5.69 Å². The summed E-state index contributed by atoms with van der Waals surface area (Å²) in [6.07, 6.45) is 1.64. The van der Waals surface area contributed by atoms with Crippen molar-refractivity contribution in [2.75, 3.05) is 7.11 Å². The molecular weight excluding hydrogens is 218 g/mol. The van der Waals surface area contributed by atoms with Gasteiger partial charge < -0.3 is 9.94 Å². The lowest BCUT2D eigenvalue weighted by Gasteiger charge is -2.05. The number of hydrogen-bond donors (Lipinski definition) is 1. The number of carbonyl (C=O) groups is 1. The van der Waals surface area contributed by atoms with Crippen molar-refractivity contribution in [3.05, 3.63) is 35.5 Å². The number of aromatic carboxylic acids is 1. The Balaban J connectivity index is 2.82. The predicted octanol–water partition coefficient (Wildman–Crippen LogP) is 2.35. The van der Waals surface area contributed by atoms with Crippen molar-refractivity contribution >= 4 is 16.9 Å². The highest BCUT2D eigenvalue weighted by Gasteiger charge is 2.22. The molecule has 90 valence electrons. The highest BCUT2D eigenvalue weighted by atomic mass is 16.6. The SMILES string of the molecule is CCCc1c(C(=O)O)n(OC)c2ccccc12. The van der Waals surface area contributed by atoms with E-state index < -0.39 is 5.97 Å². The van der Waals surface area contributed by atoms with Gasteiger partial charge in [0.25, 0.3) is 0 Å². The third kappa shape index (κ3) is 1.75. The van der Waals surface area contributed by atoms with E-state index >= 15 is 0 Å². The minimum absolute atomic E-state index is 0.232. The van der Waals surface area contributed by atoms with Crippen LogP contribution in [0.2, 0.25) is 0 Å². The summed E-state index contributed by atoms with van der Waals surface area (Å²) in [4.78, 5) is 16.5. The third-order valence-corrected chi connectivity index (χ3v) is 2.82. The van der Waals surface area contributed by atoms with Crippen molar-refractivity contribution in [3.8, 4) is 0 Å². The molecule has 0 unspecified atom stereocenters. The first-order valence-corrected chi connectivity index (χ1v) is 5.60. The van der Waals surface area contributed by atoms with Gasteiger partial charge in [0.05, 0.1) is 5.52 Å². The Morgan fingerprint density at radius 3 is 2.71 bits per heavy atom. The van der Waals surface area contributed by atoms with Crippen molar-refractivity contribution in [1.29, 1.82) is 0 Å². The number of benzene rings is 1. The molecule has 2 rings (SSSR count). The van der Waals surface area contributed by atoms with Gasteiger partial charge >= 0.3 is 5.97 Å². The molecule has 0 saturated carbocycles. The molecule has 0 radical (unpaired) electrons. The van der Waals surface area contributed by atoms with Gasteiger partial charge in [0.2, 0.25) is 0 Å². The topological polar surface area (TPSA) is 51.5 Å². The van der Waals surface area contributed by atoms with E-state index in [1.54, 1.807) is 0 Å². The van der Waals surface area contributed by atoms with Crippen molar-refractivity contribution in [2.24, 2.45) is 0 Å². The second kappa shape index (κ2) is 4.49. The number of carboxylic acids is 1. The number of para-hydroxylation sites is 1. The van der Waals surface area contributed by atoms with E-state index in [1.165, 1.54) is 11.8 Å². The first-order valence-electron chi connectivity index (χ1n) is 5.60. The monoisotopic (exact) mass is 233 g/mol. The zero-order chi connectivity index (χ0) is 12.4. The summed E-state index contributed by atoms with van der Waals surface area (Å²) in [7, 11) is 1.48. The molecule has 2 aromatic rings. The van der Waals surface area contributed by atoms with Gasteiger partial charge in [-0.05, 0) is 18.1 Å². The second-order valence-corrected chi connectivity index (χ2v) is 3.88. The number of aryl methyl sites for hydroxylation is 1. The molecule has 0 aliphatic heterocycles. The number of aromatic nitrogens is 1. The van der Waals surface area contributed by atoms with E-state index in [9.17, 15) is 9.90 Å². The van der Waals surface area contributed by atoms with Gasteiger partial charge in [-0.15, -0.1) is 0 Å². The molecule has 17 heavy (non-hydrogen) atoms. The Morgan fingerprint density at radius 2 is 2.12 bits per heavy atom. The fraction of sp³-hybridized carbons (Fsp3) is 0.308. The van der Waals surface area contributed by atoms with Crippen molar-refractivity contribution < 1.29 is 14.7 Å². The van der Waals surface area contributed by atoms with E-state index in [0.29, 0.717) is 0 Å². The highest BCUT2D eigenvalue weighted by molar-refractivity contribution is 5.98. The third-order valence-electron chi connectivity index (χ3n) is 2.82. The second-order valence-electron chi connectivity index (χ2n) is 3.88. The number of rotatable bonds is 4. The minimum Gasteiger partial charge on any atom is -0.476 e. The maximum absolute atomic E-state index is 11.3. The van der Waals surface area contributed by atoms with Crippen molar-refractivity contribution in [1.82, 2.24) is 4.73 Å². The molecule has 0 saturated heterocycles. The normalized spacial score (nSPS) is 10.7. The van der Waals surface area contributed by atoms with Crippen LogP contribution in [0.1, 0.15) is 29.4 Å². The van der Waals surface area contributed by atoms with Crippen LogP contribution in [0, 0.1) is 0 Å². The van der Waals surface area contributed by atoms with Gasteiger partial charge in [0.1, 0.15) is 7.11 Å². The van der Waals surface area contributed by atoms with Gasteiger partial charge in [-0.25, -0.2) is 4.79 Å². The van der Waals surface area contributed by atoms with Crippen molar-refractivity contribution in [2.45, 2.75) is 19.8 Å². The Kier molecular flexibility index (Phi) is 3.04. The fourth-order valence-corrected chi connectivity index (χ4v) is 2.19. The predicted molar refractivity (Wildman–Crippen MR) is 65.4 cm³/mol. The van der Waals surface area contributed by atoms with E-state index in [-0.39, 0.29) is 5.69 Å². The number of nitrogens with zero attached hydrogens (tertiary/aromatic N) is 1. The van der Waals surface area contributed by atoms with Crippen LogP contribution in [-0.4, -0.2) is 22.9 Å². The maximum Gasteiger partial charge on any atom is 0.356 e. The van der Waals surface area contributed by atoms with Gasteiger partial charge in [-0.1, -0.05) is 31.5 Å². The lowest BCUT2D eigenvalue weighted by atomic mass is 10.1. The van der Waals surface area contributed by atoms with Crippen LogP contribution in [0.25, 0.3) is 10.9 Å². The average Bonchev–Trinajstić information content (AvgIpc) is 2.64. The van der Waals surface area contributed by atoms with Crippen LogP contribution in [0.3, 0.4) is 0 Å². The summed E-state index contributed by atoms with van der Waals surface area (Å²) < 4.78 is 1.39. The van der Waals surface area contributed by atoms with Gasteiger partial charge in [-0.2, -0.15) is 4.73 Å². The molecule has 0 aliphatic carbocycles. The Labute approximate surface area is 99.4 Å². The molecule has 1 aromatic heterocycles. The van der Waals surface area contributed by atoms with E-state index in [4.69, 9.17) is 4.84 Å². The van der Waals surface area contributed by atoms with Crippen LogP contribution >= 0.6 is 0 Å². The van der Waals surface area contributed by atoms with E-state index in [2.05, 4.69) is 0 Å². The Bertz CT molecular complexity index is 557. The summed E-state index contributed by atoms with van der Waals surface area (Å²) in [6.45, 7) is 2.03. The number of hydrogen-bond acceptors (Lipinski definition) is 2. The Morgan fingerprint density at radius 1 is 1.41 bits per heavy atom. The van der Waals surface area contributed by atoms with Crippen molar-refractivity contribution in [3.63, 3.8) is 0 Å². The van der Waals surface area contributed by atoms with E-state index in [0.717, 1.165) is 29.3 Å². The first-order chi connectivity index (χ1) is 8.20. The molecule has 0 spiro atoms. The van der Waals surface area contributed by atoms with Crippen LogP contribution in [-0.2, 0) is 6.42 Å². The first kappa shape index (κ1) is 11.5. The quantitative estimate of drug-likeness (QED) is 0.881. The molecule has 4 nitrogen and oxygen atoms in total. The molecule has 1 heterocycles. The molecule has 1 aromatic carbocycles. The zero-order valence-electron chi connectivity index (χ0n) is 9.93. The van der Waals surface area contributed by atoms with Crippen LogP contribution in [0.4, 0.5) is 0 Å². The molecule has 0 fully saturated rings. The minimum atomic E-state index is -0.952. The maximum atomic E-state index is 11.3. The Hall–Kier alpha value is -1.97. The molecule has 0 aliphatic rings. The van der Waals surface area contributed by atoms with E-state index in [1.807, 2.05) is 31.2 Å². The highest BCUT2D eigenvalue weighted by Crippen LogP contribution is 2.26. The smallest absolute Gasteiger partial charge is 0.356 e. The molecule has 0 bridgehead atoms. The summed E-state index contributed by atoms with van der Waals surface area (Å²) in [5.74, 6) is -0.952. The lowest BCUT2D eigenvalue weighted by molar-refractivity contribution is 0.0643. The summed E-state index contributed by atoms with van der Waals surface area (Å²) in [5.41, 5.74) is 1.88. The zero-order valence-corrected chi connectivity index (χ0v) is 9.93. The summed E-state index contributed by atoms with van der Waals surface area (Å²) >= 11 is 0. The number of fused-ring (bicyclic) bond motifs is 1. The molecule has 1 N–H and O–H groups in total. The summed E-state index contributed by atoms with van der Waals surface area (Å²) in [5, 5.41) is 10.3. The molecular formula is C13H15NO3. The summed E-state index contributed by atoms with van der Waals surface area (Å²) in [6, 6.07) is 7.58. The van der Waals surface area contributed by atoms with Gasteiger partial charge in [-0.3, -0.25) is 0 Å². The van der Waals surface area contributed by atoms with Crippen LogP contribution in [0.5, 0.6) is 0 Å². The molecule has 4 heteroatoms.